The summed E-state index contributed by atoms with van der Waals surface area (Å²) < 4.78 is 0. The molecule has 0 aliphatic heterocycles. The minimum Gasteiger partial charge on any atom is -0.326 e. The van der Waals surface area contributed by atoms with E-state index in [1.165, 1.54) is 11.8 Å². The third-order valence-corrected chi connectivity index (χ3v) is 3.48. The molecule has 0 amide bonds. The summed E-state index contributed by atoms with van der Waals surface area (Å²) in [6.07, 6.45) is 3.44. The van der Waals surface area contributed by atoms with Crippen molar-refractivity contribution in [1.82, 2.24) is 9.97 Å². The molecule has 2 N–H and O–H groups in total. The second-order valence-corrected chi connectivity index (χ2v) is 4.45. The second-order valence-electron chi connectivity index (χ2n) is 3.06. The predicted octanol–water partition coefficient (Wildman–Crippen LogP) is 2.74. The molecule has 0 radical (unpaired) electrons. The third-order valence-electron chi connectivity index (χ3n) is 1.99. The van der Waals surface area contributed by atoms with Crippen LogP contribution >= 0.6 is 23.4 Å². The highest BCUT2D eigenvalue weighted by atomic mass is 35.5. The highest BCUT2D eigenvalue weighted by molar-refractivity contribution is 7.99. The van der Waals surface area contributed by atoms with Gasteiger partial charge in [0.1, 0.15) is 10.1 Å². The van der Waals surface area contributed by atoms with E-state index in [4.69, 9.17) is 17.3 Å². The standard InChI is InChI=1S/C11H10ClN3S/c12-9-4-2-6-15-11(9)16-10-8(7-13)3-1-5-14-10/h1-6H,7,13H2. The first-order valence-electron chi connectivity index (χ1n) is 4.73. The Labute approximate surface area is 103 Å². The summed E-state index contributed by atoms with van der Waals surface area (Å²) in [7, 11) is 0. The molecule has 0 spiro atoms. The van der Waals surface area contributed by atoms with Crippen LogP contribution in [0.3, 0.4) is 0 Å². The van der Waals surface area contributed by atoms with Gasteiger partial charge in [-0.15, -0.1) is 0 Å². The number of halogens is 1. The van der Waals surface area contributed by atoms with E-state index in [0.29, 0.717) is 11.6 Å². The molecular formula is C11H10ClN3S. The Balaban J connectivity index is 2.30. The summed E-state index contributed by atoms with van der Waals surface area (Å²) in [5.41, 5.74) is 6.63. The van der Waals surface area contributed by atoms with Crippen LogP contribution in [-0.4, -0.2) is 9.97 Å². The molecule has 5 heteroatoms. The van der Waals surface area contributed by atoms with Crippen molar-refractivity contribution in [2.75, 3.05) is 0 Å². The third kappa shape index (κ3) is 2.52. The Kier molecular flexibility index (Phi) is 3.77. The van der Waals surface area contributed by atoms with E-state index < -0.39 is 0 Å². The van der Waals surface area contributed by atoms with Crippen LogP contribution in [0.4, 0.5) is 0 Å². The first kappa shape index (κ1) is 11.4. The topological polar surface area (TPSA) is 51.8 Å². The van der Waals surface area contributed by atoms with Crippen molar-refractivity contribution in [1.29, 1.82) is 0 Å². The molecule has 0 saturated heterocycles. The second kappa shape index (κ2) is 5.30. The van der Waals surface area contributed by atoms with Crippen LogP contribution in [0, 0.1) is 0 Å². The van der Waals surface area contributed by atoms with Gasteiger partial charge in [-0.3, -0.25) is 0 Å². The van der Waals surface area contributed by atoms with Gasteiger partial charge in [-0.2, -0.15) is 0 Å². The summed E-state index contributed by atoms with van der Waals surface area (Å²) in [5.74, 6) is 0. The fourth-order valence-corrected chi connectivity index (χ4v) is 2.30. The number of nitrogens with two attached hydrogens (primary N) is 1. The summed E-state index contributed by atoms with van der Waals surface area (Å²) in [6, 6.07) is 7.43. The van der Waals surface area contributed by atoms with Crippen molar-refractivity contribution in [3.05, 3.63) is 47.2 Å². The predicted molar refractivity (Wildman–Crippen MR) is 65.5 cm³/mol. The van der Waals surface area contributed by atoms with Crippen molar-refractivity contribution in [2.24, 2.45) is 5.73 Å². The van der Waals surface area contributed by atoms with Gasteiger partial charge in [-0.05, 0) is 35.5 Å². The highest BCUT2D eigenvalue weighted by Gasteiger charge is 2.07. The van der Waals surface area contributed by atoms with Gasteiger partial charge in [0.2, 0.25) is 0 Å². The number of rotatable bonds is 3. The normalized spacial score (nSPS) is 10.4. The first-order chi connectivity index (χ1) is 7.81. The summed E-state index contributed by atoms with van der Waals surface area (Å²) in [6.45, 7) is 0.459. The Morgan fingerprint density at radius 3 is 2.50 bits per heavy atom. The average molecular weight is 252 g/mol. The monoisotopic (exact) mass is 251 g/mol. The minimum atomic E-state index is 0.459. The minimum absolute atomic E-state index is 0.459. The molecule has 2 heterocycles. The quantitative estimate of drug-likeness (QED) is 0.911. The van der Waals surface area contributed by atoms with Crippen LogP contribution in [0.5, 0.6) is 0 Å². The van der Waals surface area contributed by atoms with Gasteiger partial charge in [0.15, 0.2) is 0 Å². The zero-order valence-corrected chi connectivity index (χ0v) is 10.0. The van der Waals surface area contributed by atoms with Crippen molar-refractivity contribution in [3.63, 3.8) is 0 Å². The molecule has 16 heavy (non-hydrogen) atoms. The number of nitrogens with zero attached hydrogens (tertiary/aromatic N) is 2. The number of hydrogen-bond donors (Lipinski definition) is 1. The Morgan fingerprint density at radius 1 is 1.12 bits per heavy atom. The smallest absolute Gasteiger partial charge is 0.121 e. The molecule has 2 aromatic rings. The van der Waals surface area contributed by atoms with Crippen molar-refractivity contribution in [2.45, 2.75) is 16.6 Å². The average Bonchev–Trinajstić information content (AvgIpc) is 2.33. The fraction of sp³-hybridized carbons (Fsp3) is 0.0909. The Bertz CT molecular complexity index is 490. The lowest BCUT2D eigenvalue weighted by Gasteiger charge is -2.05. The van der Waals surface area contributed by atoms with Crippen molar-refractivity contribution < 1.29 is 0 Å². The summed E-state index contributed by atoms with van der Waals surface area (Å²) in [4.78, 5) is 8.47. The van der Waals surface area contributed by atoms with E-state index in [9.17, 15) is 0 Å². The van der Waals surface area contributed by atoms with Gasteiger partial charge in [-0.25, -0.2) is 9.97 Å². The van der Waals surface area contributed by atoms with E-state index in [1.807, 2.05) is 18.2 Å². The molecule has 0 fully saturated rings. The maximum absolute atomic E-state index is 6.03. The van der Waals surface area contributed by atoms with E-state index >= 15 is 0 Å². The molecule has 0 unspecified atom stereocenters. The summed E-state index contributed by atoms with van der Waals surface area (Å²) in [5, 5.41) is 2.23. The molecular weight excluding hydrogens is 242 g/mol. The molecule has 0 saturated carbocycles. The van der Waals surface area contributed by atoms with Gasteiger partial charge in [0.25, 0.3) is 0 Å². The van der Waals surface area contributed by atoms with E-state index in [0.717, 1.165) is 15.6 Å². The van der Waals surface area contributed by atoms with Crippen molar-refractivity contribution >= 4 is 23.4 Å². The molecule has 0 aliphatic rings. The zero-order valence-electron chi connectivity index (χ0n) is 8.43. The van der Waals surface area contributed by atoms with E-state index in [2.05, 4.69) is 9.97 Å². The molecule has 0 bridgehead atoms. The van der Waals surface area contributed by atoms with Gasteiger partial charge < -0.3 is 5.73 Å². The lowest BCUT2D eigenvalue weighted by Crippen LogP contribution is -1.99. The molecule has 2 rings (SSSR count). The molecule has 3 nitrogen and oxygen atoms in total. The van der Waals surface area contributed by atoms with E-state index in [-0.39, 0.29) is 0 Å². The van der Waals surface area contributed by atoms with Gasteiger partial charge in [0.05, 0.1) is 5.02 Å². The lowest BCUT2D eigenvalue weighted by molar-refractivity contribution is 0.959. The molecule has 82 valence electrons. The summed E-state index contributed by atoms with van der Waals surface area (Å²) >= 11 is 7.46. The van der Waals surface area contributed by atoms with Crippen LogP contribution in [0.25, 0.3) is 0 Å². The SMILES string of the molecule is NCc1cccnc1Sc1ncccc1Cl. The van der Waals surface area contributed by atoms with Crippen LogP contribution in [0.2, 0.25) is 5.02 Å². The van der Waals surface area contributed by atoms with Gasteiger partial charge in [-0.1, -0.05) is 17.7 Å². The van der Waals surface area contributed by atoms with Crippen LogP contribution in [0.15, 0.2) is 46.7 Å². The van der Waals surface area contributed by atoms with Crippen LogP contribution < -0.4 is 5.73 Å². The number of hydrogen-bond acceptors (Lipinski definition) is 4. The van der Waals surface area contributed by atoms with Gasteiger partial charge >= 0.3 is 0 Å². The van der Waals surface area contributed by atoms with Crippen LogP contribution in [0.1, 0.15) is 5.56 Å². The molecule has 2 aromatic heterocycles. The van der Waals surface area contributed by atoms with Crippen LogP contribution in [-0.2, 0) is 6.54 Å². The fourth-order valence-electron chi connectivity index (χ4n) is 1.21. The maximum Gasteiger partial charge on any atom is 0.121 e. The Hall–Kier alpha value is -1.10. The highest BCUT2D eigenvalue weighted by Crippen LogP contribution is 2.31. The largest absolute Gasteiger partial charge is 0.326 e. The van der Waals surface area contributed by atoms with Crippen molar-refractivity contribution in [3.8, 4) is 0 Å². The maximum atomic E-state index is 6.03. The first-order valence-corrected chi connectivity index (χ1v) is 5.93. The molecule has 0 aromatic carbocycles. The zero-order chi connectivity index (χ0) is 11.4. The lowest BCUT2D eigenvalue weighted by atomic mass is 10.3. The molecule has 0 atom stereocenters. The number of pyridine rings is 2. The molecule has 0 aliphatic carbocycles. The van der Waals surface area contributed by atoms with Gasteiger partial charge in [0, 0.05) is 18.9 Å². The Morgan fingerprint density at radius 2 is 1.81 bits per heavy atom. The van der Waals surface area contributed by atoms with E-state index in [1.54, 1.807) is 18.5 Å². The number of aromatic nitrogens is 2.